The normalized spacial score (nSPS) is 16.5. The number of carbonyl (C=O) groups is 1. The average molecular weight is 433 g/mol. The van der Waals surface area contributed by atoms with Crippen LogP contribution in [0.1, 0.15) is 53.6 Å². The summed E-state index contributed by atoms with van der Waals surface area (Å²) in [6.45, 7) is 1.34. The zero-order valence-corrected chi connectivity index (χ0v) is 17.7. The van der Waals surface area contributed by atoms with E-state index in [0.717, 1.165) is 32.1 Å². The molecule has 7 nitrogen and oxygen atoms in total. The van der Waals surface area contributed by atoms with Crippen molar-refractivity contribution >= 4 is 16.9 Å². The molecule has 0 unspecified atom stereocenters. The monoisotopic (exact) mass is 432 g/mol. The van der Waals surface area contributed by atoms with Crippen LogP contribution in [0, 0.1) is 5.82 Å². The summed E-state index contributed by atoms with van der Waals surface area (Å²) < 4.78 is 15.3. The van der Waals surface area contributed by atoms with Gasteiger partial charge in [-0.25, -0.2) is 9.37 Å². The van der Waals surface area contributed by atoms with Crippen LogP contribution in [0.5, 0.6) is 0 Å². The summed E-state index contributed by atoms with van der Waals surface area (Å²) >= 11 is 0. The minimum Gasteiger partial charge on any atom is -0.340 e. The maximum atomic E-state index is 13.6. The van der Waals surface area contributed by atoms with Crippen LogP contribution in [0.15, 0.2) is 54.7 Å². The van der Waals surface area contributed by atoms with Gasteiger partial charge < -0.3 is 9.88 Å². The Balaban J connectivity index is 1.29. The van der Waals surface area contributed by atoms with E-state index in [4.69, 9.17) is 0 Å². The number of aromatic nitrogens is 5. The van der Waals surface area contributed by atoms with E-state index in [2.05, 4.69) is 32.4 Å². The number of nitrogens with one attached hydrogen (secondary N) is 1. The third-order valence-electron chi connectivity index (χ3n) is 5.99. The fourth-order valence-corrected chi connectivity index (χ4v) is 4.36. The van der Waals surface area contributed by atoms with E-state index in [1.165, 1.54) is 17.7 Å². The third kappa shape index (κ3) is 4.26. The van der Waals surface area contributed by atoms with Gasteiger partial charge in [-0.1, -0.05) is 35.5 Å². The molecule has 1 aliphatic rings. The van der Waals surface area contributed by atoms with Crippen molar-refractivity contribution in [3.63, 3.8) is 0 Å². The lowest BCUT2D eigenvalue weighted by atomic mass is 10.0. The molecule has 5 rings (SSSR count). The summed E-state index contributed by atoms with van der Waals surface area (Å²) in [6.07, 6.45) is 6.34. The second-order valence-corrected chi connectivity index (χ2v) is 8.25. The Labute approximate surface area is 185 Å². The lowest BCUT2D eigenvalue weighted by Crippen LogP contribution is -2.39. The van der Waals surface area contributed by atoms with Crippen molar-refractivity contribution in [3.8, 4) is 0 Å². The average Bonchev–Trinajstić information content (AvgIpc) is 3.46. The number of H-pyrrole nitrogens is 1. The number of aromatic amines is 1. The van der Waals surface area contributed by atoms with Gasteiger partial charge in [-0.05, 0) is 55.9 Å². The van der Waals surface area contributed by atoms with Crippen molar-refractivity contribution < 1.29 is 9.18 Å². The molecule has 4 aromatic rings. The highest BCUT2D eigenvalue weighted by molar-refractivity contribution is 5.92. The standard InChI is InChI=1S/C24H25FN6O/c25-18-11-12-19-20(15-18)27-23(26-19)22-10-4-5-14-31(22)24(32)21-16-30(29-28-21)13-6-9-17-7-2-1-3-8-17/h1-3,7-8,11-12,15-16,22H,4-6,9-10,13-14H2,(H,26,27)/t22-/m1/s1. The molecule has 1 amide bonds. The van der Waals surface area contributed by atoms with Gasteiger partial charge in [0.25, 0.3) is 5.91 Å². The topological polar surface area (TPSA) is 79.7 Å². The van der Waals surface area contributed by atoms with Gasteiger partial charge in [0.2, 0.25) is 0 Å². The van der Waals surface area contributed by atoms with Crippen LogP contribution in [0.3, 0.4) is 0 Å². The van der Waals surface area contributed by atoms with E-state index in [1.807, 2.05) is 23.1 Å². The Morgan fingerprint density at radius 3 is 2.91 bits per heavy atom. The molecule has 1 N–H and O–H groups in total. The second-order valence-electron chi connectivity index (χ2n) is 8.25. The molecule has 3 heterocycles. The number of imidazole rings is 1. The predicted octanol–water partition coefficient (Wildman–Crippen LogP) is 4.29. The van der Waals surface area contributed by atoms with Crippen molar-refractivity contribution in [2.45, 2.75) is 44.7 Å². The van der Waals surface area contributed by atoms with Gasteiger partial charge in [0.05, 0.1) is 23.3 Å². The molecular formula is C24H25FN6O. The Kier molecular flexibility index (Phi) is 5.66. The molecule has 2 aromatic heterocycles. The minimum atomic E-state index is -0.312. The number of halogens is 1. The van der Waals surface area contributed by atoms with Crippen LogP contribution in [0.4, 0.5) is 4.39 Å². The number of likely N-dealkylation sites (tertiary alicyclic amines) is 1. The first-order valence-electron chi connectivity index (χ1n) is 11.1. The highest BCUT2D eigenvalue weighted by Gasteiger charge is 2.32. The highest BCUT2D eigenvalue weighted by Crippen LogP contribution is 2.31. The quantitative estimate of drug-likeness (QED) is 0.493. The molecule has 0 bridgehead atoms. The molecule has 1 saturated heterocycles. The number of aryl methyl sites for hydroxylation is 2. The summed E-state index contributed by atoms with van der Waals surface area (Å²) in [5, 5.41) is 8.30. The molecule has 164 valence electrons. The largest absolute Gasteiger partial charge is 0.340 e. The number of rotatable bonds is 6. The maximum absolute atomic E-state index is 13.6. The van der Waals surface area contributed by atoms with Gasteiger partial charge >= 0.3 is 0 Å². The number of carbonyl (C=O) groups excluding carboxylic acids is 1. The van der Waals surface area contributed by atoms with Crippen molar-refractivity contribution in [3.05, 3.63) is 77.6 Å². The Bertz CT molecular complexity index is 1220. The number of fused-ring (bicyclic) bond motifs is 1. The van der Waals surface area contributed by atoms with Crippen molar-refractivity contribution in [1.82, 2.24) is 29.9 Å². The fourth-order valence-electron chi connectivity index (χ4n) is 4.36. The summed E-state index contributed by atoms with van der Waals surface area (Å²) in [7, 11) is 0. The van der Waals surface area contributed by atoms with Gasteiger partial charge in [-0.2, -0.15) is 0 Å². The van der Waals surface area contributed by atoms with E-state index in [-0.39, 0.29) is 17.8 Å². The Morgan fingerprint density at radius 2 is 2.03 bits per heavy atom. The summed E-state index contributed by atoms with van der Waals surface area (Å²) in [4.78, 5) is 22.9. The molecule has 0 aliphatic carbocycles. The third-order valence-corrected chi connectivity index (χ3v) is 5.99. The van der Waals surface area contributed by atoms with Crippen LogP contribution >= 0.6 is 0 Å². The Morgan fingerprint density at radius 1 is 1.16 bits per heavy atom. The molecule has 1 fully saturated rings. The van der Waals surface area contributed by atoms with Crippen LogP contribution in [-0.2, 0) is 13.0 Å². The first-order valence-corrected chi connectivity index (χ1v) is 11.1. The Hall–Kier alpha value is -3.55. The highest BCUT2D eigenvalue weighted by atomic mass is 19.1. The second kappa shape index (κ2) is 8.90. The molecule has 0 saturated carbocycles. The van der Waals surface area contributed by atoms with E-state index < -0.39 is 0 Å². The fraction of sp³-hybridized carbons (Fsp3) is 0.333. The van der Waals surface area contributed by atoms with Crippen LogP contribution in [-0.4, -0.2) is 42.3 Å². The van der Waals surface area contributed by atoms with Crippen LogP contribution in [0.25, 0.3) is 11.0 Å². The van der Waals surface area contributed by atoms with Gasteiger partial charge in [0.15, 0.2) is 5.69 Å². The minimum absolute atomic E-state index is 0.143. The van der Waals surface area contributed by atoms with Crippen molar-refractivity contribution in [1.29, 1.82) is 0 Å². The number of hydrogen-bond donors (Lipinski definition) is 1. The summed E-state index contributed by atoms with van der Waals surface area (Å²) in [5.41, 5.74) is 2.97. The summed E-state index contributed by atoms with van der Waals surface area (Å²) in [6, 6.07) is 14.6. The van der Waals surface area contributed by atoms with Crippen molar-refractivity contribution in [2.24, 2.45) is 0 Å². The number of hydrogen-bond acceptors (Lipinski definition) is 4. The number of nitrogens with zero attached hydrogens (tertiary/aromatic N) is 5. The SMILES string of the molecule is O=C(c1cn(CCCc2ccccc2)nn1)N1CCCC[C@@H]1c1nc2ccc(F)cc2[nH]1. The van der Waals surface area contributed by atoms with Crippen LogP contribution < -0.4 is 0 Å². The lowest BCUT2D eigenvalue weighted by Gasteiger charge is -2.33. The molecule has 8 heteroatoms. The number of amides is 1. The number of benzene rings is 2. The first-order chi connectivity index (χ1) is 15.7. The first kappa shape index (κ1) is 20.4. The molecular weight excluding hydrogens is 407 g/mol. The number of piperidine rings is 1. The summed E-state index contributed by atoms with van der Waals surface area (Å²) in [5.74, 6) is 0.234. The smallest absolute Gasteiger partial charge is 0.276 e. The van der Waals surface area contributed by atoms with Gasteiger partial charge in [-0.15, -0.1) is 5.10 Å². The molecule has 2 aromatic carbocycles. The zero-order valence-electron chi connectivity index (χ0n) is 17.7. The maximum Gasteiger partial charge on any atom is 0.276 e. The predicted molar refractivity (Wildman–Crippen MR) is 118 cm³/mol. The van der Waals surface area contributed by atoms with Crippen molar-refractivity contribution in [2.75, 3.05) is 6.54 Å². The molecule has 0 radical (unpaired) electrons. The van der Waals surface area contributed by atoms with Crippen LogP contribution in [0.2, 0.25) is 0 Å². The van der Waals surface area contributed by atoms with E-state index in [0.29, 0.717) is 35.6 Å². The van der Waals surface area contributed by atoms with E-state index in [9.17, 15) is 9.18 Å². The zero-order chi connectivity index (χ0) is 21.9. The molecule has 32 heavy (non-hydrogen) atoms. The lowest BCUT2D eigenvalue weighted by molar-refractivity contribution is 0.0595. The molecule has 0 spiro atoms. The van der Waals surface area contributed by atoms with Gasteiger partial charge in [0, 0.05) is 13.1 Å². The molecule has 1 atom stereocenters. The van der Waals surface area contributed by atoms with Gasteiger partial charge in [-0.3, -0.25) is 9.48 Å². The van der Waals surface area contributed by atoms with E-state index in [1.54, 1.807) is 16.9 Å². The van der Waals surface area contributed by atoms with Gasteiger partial charge in [0.1, 0.15) is 11.6 Å². The molecule has 1 aliphatic heterocycles. The van der Waals surface area contributed by atoms with E-state index >= 15 is 0 Å².